The van der Waals surface area contributed by atoms with Crippen molar-refractivity contribution in [3.63, 3.8) is 0 Å². The zero-order valence-corrected chi connectivity index (χ0v) is 15.8. The fourth-order valence-electron chi connectivity index (χ4n) is 3.33. The number of nitriles is 1. The summed E-state index contributed by atoms with van der Waals surface area (Å²) < 4.78 is 0. The Morgan fingerprint density at radius 1 is 1.15 bits per heavy atom. The van der Waals surface area contributed by atoms with Gasteiger partial charge in [-0.15, -0.1) is 11.3 Å². The van der Waals surface area contributed by atoms with E-state index in [0.29, 0.717) is 17.4 Å². The van der Waals surface area contributed by atoms with Crippen molar-refractivity contribution in [3.05, 3.63) is 77.2 Å². The van der Waals surface area contributed by atoms with Crippen LogP contribution in [0, 0.1) is 11.3 Å². The van der Waals surface area contributed by atoms with Crippen LogP contribution in [0.2, 0.25) is 0 Å². The SMILES string of the molecule is N#Cc1cccc(ON[C@@H]2CCN(Cc3ccc(-c4cccs4)cc3)C2)c1. The summed E-state index contributed by atoms with van der Waals surface area (Å²) in [5.74, 6) is 0.677. The average molecular weight is 375 g/mol. The Hall–Kier alpha value is -2.65. The van der Waals surface area contributed by atoms with Crippen molar-refractivity contribution in [1.29, 1.82) is 5.26 Å². The summed E-state index contributed by atoms with van der Waals surface area (Å²) in [7, 11) is 0. The highest BCUT2D eigenvalue weighted by Crippen LogP contribution is 2.25. The molecule has 1 saturated heterocycles. The summed E-state index contributed by atoms with van der Waals surface area (Å²) in [6, 6.07) is 22.7. The third kappa shape index (κ3) is 4.55. The maximum atomic E-state index is 8.96. The molecule has 136 valence electrons. The van der Waals surface area contributed by atoms with E-state index in [1.165, 1.54) is 16.0 Å². The summed E-state index contributed by atoms with van der Waals surface area (Å²) in [5, 5.41) is 11.1. The van der Waals surface area contributed by atoms with E-state index in [-0.39, 0.29) is 0 Å². The number of rotatable bonds is 6. The smallest absolute Gasteiger partial charge is 0.148 e. The molecule has 0 aliphatic carbocycles. The van der Waals surface area contributed by atoms with Gasteiger partial charge in [0.25, 0.3) is 0 Å². The molecule has 0 amide bonds. The van der Waals surface area contributed by atoms with Crippen LogP contribution in [0.15, 0.2) is 66.0 Å². The first kappa shape index (κ1) is 17.7. The number of benzene rings is 2. The first-order valence-electron chi connectivity index (χ1n) is 9.08. The molecular weight excluding hydrogens is 354 g/mol. The molecule has 4 nitrogen and oxygen atoms in total. The molecule has 1 N–H and O–H groups in total. The Balaban J connectivity index is 1.27. The number of hydrogen-bond donors (Lipinski definition) is 1. The Morgan fingerprint density at radius 3 is 2.81 bits per heavy atom. The topological polar surface area (TPSA) is 48.3 Å². The van der Waals surface area contributed by atoms with E-state index >= 15 is 0 Å². The second kappa shape index (κ2) is 8.36. The van der Waals surface area contributed by atoms with Crippen molar-refractivity contribution in [1.82, 2.24) is 10.4 Å². The third-order valence-corrected chi connectivity index (χ3v) is 5.66. The van der Waals surface area contributed by atoms with Crippen LogP contribution < -0.4 is 10.3 Å². The first-order chi connectivity index (χ1) is 13.3. The minimum Gasteiger partial charge on any atom is -0.408 e. The molecule has 5 heteroatoms. The van der Waals surface area contributed by atoms with Crippen LogP contribution in [0.25, 0.3) is 10.4 Å². The molecule has 0 unspecified atom stereocenters. The van der Waals surface area contributed by atoms with Crippen molar-refractivity contribution in [2.75, 3.05) is 13.1 Å². The highest BCUT2D eigenvalue weighted by molar-refractivity contribution is 7.13. The van der Waals surface area contributed by atoms with Gasteiger partial charge in [0.15, 0.2) is 0 Å². The molecule has 1 aliphatic heterocycles. The van der Waals surface area contributed by atoms with Crippen molar-refractivity contribution in [3.8, 4) is 22.3 Å². The molecule has 0 spiro atoms. The second-order valence-electron chi connectivity index (χ2n) is 6.75. The van der Waals surface area contributed by atoms with Gasteiger partial charge in [-0.05, 0) is 41.1 Å². The van der Waals surface area contributed by atoms with Crippen LogP contribution >= 0.6 is 11.3 Å². The lowest BCUT2D eigenvalue weighted by molar-refractivity contribution is 0.154. The van der Waals surface area contributed by atoms with Crippen LogP contribution in [0.4, 0.5) is 0 Å². The molecule has 27 heavy (non-hydrogen) atoms. The second-order valence-corrected chi connectivity index (χ2v) is 7.70. The van der Waals surface area contributed by atoms with E-state index in [2.05, 4.69) is 58.2 Å². The number of hydrogen-bond acceptors (Lipinski definition) is 5. The molecule has 2 aromatic carbocycles. The largest absolute Gasteiger partial charge is 0.408 e. The minimum atomic E-state index is 0.293. The fraction of sp³-hybridized carbons (Fsp3) is 0.227. The highest BCUT2D eigenvalue weighted by atomic mass is 32.1. The van der Waals surface area contributed by atoms with E-state index in [1.54, 1.807) is 23.5 Å². The summed E-state index contributed by atoms with van der Waals surface area (Å²) in [6.07, 6.45) is 1.05. The van der Waals surface area contributed by atoms with Gasteiger partial charge in [0.05, 0.1) is 17.7 Å². The van der Waals surface area contributed by atoms with Crippen LogP contribution in [0.5, 0.6) is 5.75 Å². The Bertz CT molecular complexity index is 915. The van der Waals surface area contributed by atoms with E-state index in [4.69, 9.17) is 10.1 Å². The summed E-state index contributed by atoms with van der Waals surface area (Å²) >= 11 is 1.77. The molecule has 0 radical (unpaired) electrons. The first-order valence-corrected chi connectivity index (χ1v) is 9.96. The standard InChI is InChI=1S/C22H21N3OS/c23-14-18-3-1-4-21(13-18)26-24-20-10-11-25(16-20)15-17-6-8-19(9-7-17)22-5-2-12-27-22/h1-9,12-13,20,24H,10-11,15-16H2/t20-/m1/s1. The van der Waals surface area contributed by atoms with Crippen molar-refractivity contribution in [2.45, 2.75) is 19.0 Å². The predicted molar refractivity (Wildman–Crippen MR) is 108 cm³/mol. The van der Waals surface area contributed by atoms with Gasteiger partial charge in [-0.1, -0.05) is 36.4 Å². The molecule has 4 rings (SSSR count). The molecule has 0 saturated carbocycles. The van der Waals surface area contributed by atoms with Crippen LogP contribution in [-0.2, 0) is 6.54 Å². The molecule has 1 fully saturated rings. The van der Waals surface area contributed by atoms with Crippen LogP contribution in [0.3, 0.4) is 0 Å². The number of nitrogens with zero attached hydrogens (tertiary/aromatic N) is 2. The van der Waals surface area contributed by atoms with E-state index < -0.39 is 0 Å². The maximum Gasteiger partial charge on any atom is 0.148 e. The summed E-state index contributed by atoms with van der Waals surface area (Å²) in [6.45, 7) is 2.95. The zero-order chi connectivity index (χ0) is 18.5. The third-order valence-electron chi connectivity index (χ3n) is 4.74. The predicted octanol–water partition coefficient (Wildman–Crippen LogP) is 4.44. The number of likely N-dealkylation sites (tertiary alicyclic amines) is 1. The Morgan fingerprint density at radius 2 is 2.04 bits per heavy atom. The molecule has 1 atom stereocenters. The average Bonchev–Trinajstić information content (AvgIpc) is 3.39. The monoisotopic (exact) mass is 375 g/mol. The van der Waals surface area contributed by atoms with Gasteiger partial charge < -0.3 is 4.84 Å². The van der Waals surface area contributed by atoms with Gasteiger partial charge in [-0.2, -0.15) is 10.7 Å². The lowest BCUT2D eigenvalue weighted by Gasteiger charge is -2.17. The van der Waals surface area contributed by atoms with E-state index in [0.717, 1.165) is 26.1 Å². The summed E-state index contributed by atoms with van der Waals surface area (Å²) in [4.78, 5) is 9.41. The molecule has 0 bridgehead atoms. The van der Waals surface area contributed by atoms with Gasteiger partial charge in [0, 0.05) is 30.6 Å². The van der Waals surface area contributed by atoms with Gasteiger partial charge in [0.1, 0.15) is 5.75 Å². The van der Waals surface area contributed by atoms with Crippen molar-refractivity contribution >= 4 is 11.3 Å². The fourth-order valence-corrected chi connectivity index (χ4v) is 4.06. The Kier molecular flexibility index (Phi) is 5.50. The van der Waals surface area contributed by atoms with Crippen LogP contribution in [0.1, 0.15) is 17.5 Å². The molecule has 2 heterocycles. The summed E-state index contributed by atoms with van der Waals surface area (Å²) in [5.41, 5.74) is 6.36. The minimum absolute atomic E-state index is 0.293. The van der Waals surface area contributed by atoms with E-state index in [9.17, 15) is 0 Å². The van der Waals surface area contributed by atoms with Crippen LogP contribution in [-0.4, -0.2) is 24.0 Å². The van der Waals surface area contributed by atoms with Gasteiger partial charge >= 0.3 is 0 Å². The van der Waals surface area contributed by atoms with Crippen molar-refractivity contribution in [2.24, 2.45) is 0 Å². The zero-order valence-electron chi connectivity index (χ0n) is 15.0. The quantitative estimate of drug-likeness (QED) is 0.647. The molecule has 1 aromatic heterocycles. The molecular formula is C22H21N3OS. The van der Waals surface area contributed by atoms with Gasteiger partial charge in [0.2, 0.25) is 0 Å². The maximum absolute atomic E-state index is 8.96. The number of nitrogens with one attached hydrogen (secondary N) is 1. The lowest BCUT2D eigenvalue weighted by Crippen LogP contribution is -2.34. The Labute approximate surface area is 163 Å². The van der Waals surface area contributed by atoms with Crippen molar-refractivity contribution < 1.29 is 4.84 Å². The highest BCUT2D eigenvalue weighted by Gasteiger charge is 2.23. The van der Waals surface area contributed by atoms with E-state index in [1.807, 2.05) is 12.1 Å². The van der Waals surface area contributed by atoms with Gasteiger partial charge in [-0.25, -0.2) is 0 Å². The molecule has 3 aromatic rings. The lowest BCUT2D eigenvalue weighted by atomic mass is 10.1. The van der Waals surface area contributed by atoms with Gasteiger partial charge in [-0.3, -0.25) is 4.90 Å². The normalized spacial score (nSPS) is 16.9. The molecule has 1 aliphatic rings. The number of thiophene rings is 1. The number of hydroxylamine groups is 1.